The second-order valence-electron chi connectivity index (χ2n) is 6.85. The van der Waals surface area contributed by atoms with Crippen LogP contribution in [0, 0.1) is 13.8 Å². The molecule has 144 valence electrons. The summed E-state index contributed by atoms with van der Waals surface area (Å²) in [5.74, 6) is -0.958. The number of nitrogens with zero attached hydrogens (tertiary/aromatic N) is 2. The van der Waals surface area contributed by atoms with E-state index in [-0.39, 0.29) is 5.92 Å². The molecule has 1 amide bonds. The van der Waals surface area contributed by atoms with Gasteiger partial charge in [0.2, 0.25) is 0 Å². The second-order valence-corrected chi connectivity index (χ2v) is 6.85. The van der Waals surface area contributed by atoms with Crippen molar-refractivity contribution in [1.82, 2.24) is 15.1 Å². The average molecular weight is 375 g/mol. The number of Topliss-reactive ketones (excluding diaryl/α,β-unsaturated/α-hetero) is 1. The molecule has 1 N–H and O–H groups in total. The molecule has 3 rings (SSSR count). The summed E-state index contributed by atoms with van der Waals surface area (Å²) in [6.07, 6.45) is 0.877. The molecule has 0 aliphatic rings. The van der Waals surface area contributed by atoms with Gasteiger partial charge in [-0.2, -0.15) is 5.10 Å². The highest BCUT2D eigenvalue weighted by molar-refractivity contribution is 6.43. The molecule has 0 aliphatic carbocycles. The largest absolute Gasteiger partial charge is 0.349 e. The van der Waals surface area contributed by atoms with E-state index in [4.69, 9.17) is 0 Å². The first-order valence-electron chi connectivity index (χ1n) is 9.52. The molecule has 0 bridgehead atoms. The summed E-state index contributed by atoms with van der Waals surface area (Å²) < 4.78 is 1.70. The minimum absolute atomic E-state index is 0.173. The van der Waals surface area contributed by atoms with E-state index in [0.29, 0.717) is 23.5 Å². The van der Waals surface area contributed by atoms with Gasteiger partial charge in [-0.1, -0.05) is 55.5 Å². The van der Waals surface area contributed by atoms with E-state index in [9.17, 15) is 9.59 Å². The SMILES string of the molecule is CCC(CNC(=O)C(=O)c1c(C)nn(-c2ccccc2)c1C)c1ccccc1. The van der Waals surface area contributed by atoms with Crippen molar-refractivity contribution >= 4 is 11.7 Å². The molecule has 1 heterocycles. The van der Waals surface area contributed by atoms with Crippen molar-refractivity contribution in [1.29, 1.82) is 0 Å². The second kappa shape index (κ2) is 8.65. The number of carbonyl (C=O) groups excluding carboxylic acids is 2. The van der Waals surface area contributed by atoms with E-state index in [2.05, 4.69) is 17.3 Å². The van der Waals surface area contributed by atoms with Crippen LogP contribution in [-0.4, -0.2) is 28.0 Å². The zero-order chi connectivity index (χ0) is 20.1. The van der Waals surface area contributed by atoms with Crippen molar-refractivity contribution in [3.63, 3.8) is 0 Å². The van der Waals surface area contributed by atoms with Crippen LogP contribution in [0.15, 0.2) is 60.7 Å². The van der Waals surface area contributed by atoms with Crippen molar-refractivity contribution < 1.29 is 9.59 Å². The Morgan fingerprint density at radius 1 is 1.00 bits per heavy atom. The molecule has 5 nitrogen and oxygen atoms in total. The summed E-state index contributed by atoms with van der Waals surface area (Å²) in [5.41, 5.74) is 3.60. The van der Waals surface area contributed by atoms with Crippen LogP contribution in [0.25, 0.3) is 5.69 Å². The third-order valence-corrected chi connectivity index (χ3v) is 5.00. The molecular weight excluding hydrogens is 350 g/mol. The quantitative estimate of drug-likeness (QED) is 0.502. The minimum atomic E-state index is -0.590. The van der Waals surface area contributed by atoms with E-state index in [1.54, 1.807) is 11.6 Å². The first kappa shape index (κ1) is 19.5. The molecule has 1 atom stereocenters. The molecule has 1 aromatic heterocycles. The van der Waals surface area contributed by atoms with Gasteiger partial charge in [0, 0.05) is 12.5 Å². The Bertz CT molecular complexity index is 962. The zero-order valence-corrected chi connectivity index (χ0v) is 16.5. The fraction of sp³-hybridized carbons (Fsp3) is 0.261. The number of para-hydroxylation sites is 1. The van der Waals surface area contributed by atoms with Gasteiger partial charge in [0.15, 0.2) is 0 Å². The van der Waals surface area contributed by atoms with Gasteiger partial charge < -0.3 is 5.32 Å². The van der Waals surface area contributed by atoms with Crippen LogP contribution in [0.1, 0.15) is 46.6 Å². The van der Waals surface area contributed by atoms with Gasteiger partial charge in [-0.3, -0.25) is 9.59 Å². The molecule has 0 aliphatic heterocycles. The lowest BCUT2D eigenvalue weighted by atomic mass is 9.96. The standard InChI is InChI=1S/C23H25N3O2/c1-4-18(19-11-7-5-8-12-19)15-24-23(28)22(27)21-16(2)25-26(17(21)3)20-13-9-6-10-14-20/h5-14,18H,4,15H2,1-3H3,(H,24,28). The number of aryl methyl sites for hydroxylation is 1. The number of hydrogen-bond acceptors (Lipinski definition) is 3. The lowest BCUT2D eigenvalue weighted by Gasteiger charge is -2.16. The van der Waals surface area contributed by atoms with Crippen LogP contribution in [0.4, 0.5) is 0 Å². The number of ketones is 1. The Kier molecular flexibility index (Phi) is 6.04. The smallest absolute Gasteiger partial charge is 0.292 e. The van der Waals surface area contributed by atoms with E-state index >= 15 is 0 Å². The van der Waals surface area contributed by atoms with Crippen LogP contribution in [-0.2, 0) is 4.79 Å². The molecule has 5 heteroatoms. The normalized spacial score (nSPS) is 11.8. The van der Waals surface area contributed by atoms with Crippen molar-refractivity contribution in [3.8, 4) is 5.69 Å². The van der Waals surface area contributed by atoms with Gasteiger partial charge in [-0.15, -0.1) is 0 Å². The molecule has 1 unspecified atom stereocenters. The summed E-state index contributed by atoms with van der Waals surface area (Å²) in [4.78, 5) is 25.4. The van der Waals surface area contributed by atoms with Crippen LogP contribution < -0.4 is 5.32 Å². The minimum Gasteiger partial charge on any atom is -0.349 e. The van der Waals surface area contributed by atoms with E-state index in [1.807, 2.05) is 67.6 Å². The highest BCUT2D eigenvalue weighted by atomic mass is 16.2. The maximum atomic E-state index is 12.8. The van der Waals surface area contributed by atoms with Gasteiger partial charge in [-0.05, 0) is 38.0 Å². The van der Waals surface area contributed by atoms with Gasteiger partial charge in [-0.25, -0.2) is 4.68 Å². The number of rotatable bonds is 7. The predicted octanol–water partition coefficient (Wildman–Crippen LogP) is 3.98. The van der Waals surface area contributed by atoms with Gasteiger partial charge in [0.25, 0.3) is 11.7 Å². The Morgan fingerprint density at radius 3 is 2.21 bits per heavy atom. The lowest BCUT2D eigenvalue weighted by Crippen LogP contribution is -2.34. The summed E-state index contributed by atoms with van der Waals surface area (Å²) in [5, 5.41) is 7.27. The summed E-state index contributed by atoms with van der Waals surface area (Å²) in [7, 11) is 0. The van der Waals surface area contributed by atoms with Gasteiger partial charge in [0.05, 0.1) is 22.6 Å². The first-order valence-corrected chi connectivity index (χ1v) is 9.52. The predicted molar refractivity (Wildman–Crippen MR) is 110 cm³/mol. The van der Waals surface area contributed by atoms with E-state index < -0.39 is 11.7 Å². The van der Waals surface area contributed by atoms with Crippen LogP contribution >= 0.6 is 0 Å². The molecule has 0 radical (unpaired) electrons. The number of benzene rings is 2. The van der Waals surface area contributed by atoms with Crippen LogP contribution in [0.3, 0.4) is 0 Å². The van der Waals surface area contributed by atoms with E-state index in [1.165, 1.54) is 0 Å². The zero-order valence-electron chi connectivity index (χ0n) is 16.5. The summed E-state index contributed by atoms with van der Waals surface area (Å²) in [6.45, 7) is 6.07. The molecular formula is C23H25N3O2. The Labute approximate surface area is 165 Å². The van der Waals surface area contributed by atoms with Crippen molar-refractivity contribution in [3.05, 3.63) is 83.2 Å². The Hall–Kier alpha value is -3.21. The summed E-state index contributed by atoms with van der Waals surface area (Å²) >= 11 is 0. The molecule has 0 saturated carbocycles. The molecule has 0 spiro atoms. The molecule has 28 heavy (non-hydrogen) atoms. The van der Waals surface area contributed by atoms with Crippen LogP contribution in [0.2, 0.25) is 0 Å². The number of amides is 1. The Morgan fingerprint density at radius 2 is 1.61 bits per heavy atom. The van der Waals surface area contributed by atoms with Gasteiger partial charge in [0.1, 0.15) is 0 Å². The van der Waals surface area contributed by atoms with Gasteiger partial charge >= 0.3 is 0 Å². The summed E-state index contributed by atoms with van der Waals surface area (Å²) in [6, 6.07) is 19.6. The fourth-order valence-corrected chi connectivity index (χ4v) is 3.42. The lowest BCUT2D eigenvalue weighted by molar-refractivity contribution is -0.117. The highest BCUT2D eigenvalue weighted by Gasteiger charge is 2.25. The third-order valence-electron chi connectivity index (χ3n) is 5.00. The number of aromatic nitrogens is 2. The molecule has 0 fully saturated rings. The Balaban J connectivity index is 1.75. The van der Waals surface area contributed by atoms with Crippen molar-refractivity contribution in [2.24, 2.45) is 0 Å². The maximum absolute atomic E-state index is 12.8. The first-order chi connectivity index (χ1) is 13.5. The highest BCUT2D eigenvalue weighted by Crippen LogP contribution is 2.20. The number of hydrogen-bond donors (Lipinski definition) is 1. The molecule has 3 aromatic rings. The van der Waals surface area contributed by atoms with E-state index in [0.717, 1.165) is 17.7 Å². The topological polar surface area (TPSA) is 64.0 Å². The van der Waals surface area contributed by atoms with Crippen LogP contribution in [0.5, 0.6) is 0 Å². The molecule has 0 saturated heterocycles. The average Bonchev–Trinajstić information content (AvgIpc) is 3.03. The maximum Gasteiger partial charge on any atom is 0.292 e. The monoisotopic (exact) mass is 375 g/mol. The fourth-order valence-electron chi connectivity index (χ4n) is 3.42. The number of nitrogens with one attached hydrogen (secondary N) is 1. The number of carbonyl (C=O) groups is 2. The van der Waals surface area contributed by atoms with Crippen molar-refractivity contribution in [2.75, 3.05) is 6.54 Å². The van der Waals surface area contributed by atoms with Crippen molar-refractivity contribution in [2.45, 2.75) is 33.1 Å². The molecule has 2 aromatic carbocycles. The third kappa shape index (κ3) is 4.03.